The molecule has 0 aromatic heterocycles. The van der Waals surface area contributed by atoms with Crippen molar-refractivity contribution in [3.63, 3.8) is 0 Å². The molecule has 112 valence electrons. The van der Waals surface area contributed by atoms with Crippen molar-refractivity contribution in [2.75, 3.05) is 0 Å². The van der Waals surface area contributed by atoms with Crippen LogP contribution in [0.15, 0.2) is 53.6 Å². The van der Waals surface area contributed by atoms with Crippen molar-refractivity contribution >= 4 is 11.6 Å². The summed E-state index contributed by atoms with van der Waals surface area (Å²) in [5.41, 5.74) is 2.11. The van der Waals surface area contributed by atoms with Crippen LogP contribution >= 0.6 is 0 Å². The number of carbonyl (C=O) groups is 2. The van der Waals surface area contributed by atoms with Gasteiger partial charge >= 0.3 is 0 Å². The first-order chi connectivity index (χ1) is 11.0. The van der Waals surface area contributed by atoms with E-state index in [0.717, 1.165) is 6.07 Å². The smallest absolute Gasteiger partial charge is 0.190 e. The normalized spacial score (nSPS) is 13.8. The van der Waals surface area contributed by atoms with E-state index < -0.39 is 5.82 Å². The summed E-state index contributed by atoms with van der Waals surface area (Å²) in [6.07, 6.45) is 0.177. The fourth-order valence-electron chi connectivity index (χ4n) is 2.76. The molecule has 0 atom stereocenters. The lowest BCUT2D eigenvalue weighted by atomic mass is 9.82. The molecule has 0 radical (unpaired) electrons. The van der Waals surface area contributed by atoms with Gasteiger partial charge in [-0.05, 0) is 36.8 Å². The van der Waals surface area contributed by atoms with E-state index >= 15 is 0 Å². The molecule has 0 unspecified atom stereocenters. The van der Waals surface area contributed by atoms with Crippen molar-refractivity contribution in [3.05, 3.63) is 81.7 Å². The predicted octanol–water partition coefficient (Wildman–Crippen LogP) is 3.64. The first-order valence-corrected chi connectivity index (χ1v) is 7.09. The standard InChI is InChI=1S/C19H12FNO2/c1-11-16(8-12-4-2-3-5-13(12)10-21)19(23)17-9-14(20)6-7-15(17)18(11)22/h2-7,9H,8H2,1H3. The highest BCUT2D eigenvalue weighted by molar-refractivity contribution is 6.26. The molecule has 0 aliphatic heterocycles. The zero-order chi connectivity index (χ0) is 16.6. The summed E-state index contributed by atoms with van der Waals surface area (Å²) in [7, 11) is 0. The lowest BCUT2D eigenvalue weighted by Crippen LogP contribution is -2.22. The minimum Gasteiger partial charge on any atom is -0.289 e. The van der Waals surface area contributed by atoms with Crippen LogP contribution in [0.4, 0.5) is 4.39 Å². The third-order valence-electron chi connectivity index (χ3n) is 4.04. The summed E-state index contributed by atoms with van der Waals surface area (Å²) < 4.78 is 13.4. The van der Waals surface area contributed by atoms with Crippen molar-refractivity contribution in [1.82, 2.24) is 0 Å². The largest absolute Gasteiger partial charge is 0.289 e. The van der Waals surface area contributed by atoms with Gasteiger partial charge in [0.05, 0.1) is 11.6 Å². The molecule has 0 saturated carbocycles. The summed E-state index contributed by atoms with van der Waals surface area (Å²) >= 11 is 0. The summed E-state index contributed by atoms with van der Waals surface area (Å²) in [6, 6.07) is 12.6. The van der Waals surface area contributed by atoms with Gasteiger partial charge in [0.15, 0.2) is 11.6 Å². The number of hydrogen-bond acceptors (Lipinski definition) is 3. The average molecular weight is 305 g/mol. The summed E-state index contributed by atoms with van der Waals surface area (Å²) in [6.45, 7) is 1.59. The van der Waals surface area contributed by atoms with Crippen LogP contribution in [0.1, 0.15) is 38.8 Å². The van der Waals surface area contributed by atoms with Crippen LogP contribution in [0.3, 0.4) is 0 Å². The molecule has 0 spiro atoms. The van der Waals surface area contributed by atoms with Gasteiger partial charge in [0, 0.05) is 28.7 Å². The number of allylic oxidation sites excluding steroid dienone is 2. The molecule has 1 aliphatic rings. The number of ketones is 2. The predicted molar refractivity (Wildman–Crippen MR) is 82.6 cm³/mol. The number of fused-ring (bicyclic) bond motifs is 1. The van der Waals surface area contributed by atoms with Crippen molar-refractivity contribution in [3.8, 4) is 6.07 Å². The van der Waals surface area contributed by atoms with Crippen LogP contribution in [-0.2, 0) is 6.42 Å². The Morgan fingerprint density at radius 3 is 2.52 bits per heavy atom. The molecule has 0 saturated heterocycles. The molecule has 0 N–H and O–H groups in total. The average Bonchev–Trinajstić information content (AvgIpc) is 2.57. The van der Waals surface area contributed by atoms with Crippen LogP contribution < -0.4 is 0 Å². The van der Waals surface area contributed by atoms with Crippen molar-refractivity contribution < 1.29 is 14.0 Å². The Morgan fingerprint density at radius 1 is 1.04 bits per heavy atom. The molecule has 3 nitrogen and oxygen atoms in total. The highest BCUT2D eigenvalue weighted by Gasteiger charge is 2.30. The number of nitrogens with zero attached hydrogens (tertiary/aromatic N) is 1. The number of rotatable bonds is 2. The maximum atomic E-state index is 13.4. The van der Waals surface area contributed by atoms with Crippen molar-refractivity contribution in [2.24, 2.45) is 0 Å². The van der Waals surface area contributed by atoms with E-state index in [-0.39, 0.29) is 29.1 Å². The second-order valence-electron chi connectivity index (χ2n) is 5.40. The van der Waals surface area contributed by atoms with Gasteiger partial charge in [0.25, 0.3) is 0 Å². The number of nitriles is 1. The van der Waals surface area contributed by atoms with Gasteiger partial charge in [-0.2, -0.15) is 5.26 Å². The molecule has 0 heterocycles. The van der Waals surface area contributed by atoms with Gasteiger partial charge in [-0.1, -0.05) is 18.2 Å². The highest BCUT2D eigenvalue weighted by Crippen LogP contribution is 2.29. The highest BCUT2D eigenvalue weighted by atomic mass is 19.1. The monoisotopic (exact) mass is 305 g/mol. The minimum absolute atomic E-state index is 0.0880. The fourth-order valence-corrected chi connectivity index (χ4v) is 2.76. The van der Waals surface area contributed by atoms with Gasteiger partial charge < -0.3 is 0 Å². The van der Waals surface area contributed by atoms with Gasteiger partial charge in [0.1, 0.15) is 5.82 Å². The molecular formula is C19H12FNO2. The SMILES string of the molecule is CC1=C(Cc2ccccc2C#N)C(=O)c2cc(F)ccc2C1=O. The van der Waals surface area contributed by atoms with E-state index in [0.29, 0.717) is 22.3 Å². The third-order valence-corrected chi connectivity index (χ3v) is 4.04. The zero-order valence-electron chi connectivity index (χ0n) is 12.4. The summed E-state index contributed by atoms with van der Waals surface area (Å²) in [5, 5.41) is 9.16. The third kappa shape index (κ3) is 2.47. The van der Waals surface area contributed by atoms with Crippen LogP contribution in [0, 0.1) is 17.1 Å². The fraction of sp³-hybridized carbons (Fsp3) is 0.105. The molecule has 2 aromatic carbocycles. The Hall–Kier alpha value is -3.06. The van der Waals surface area contributed by atoms with Crippen molar-refractivity contribution in [2.45, 2.75) is 13.3 Å². The topological polar surface area (TPSA) is 57.9 Å². The Labute approximate surface area is 132 Å². The Kier molecular flexibility index (Phi) is 3.63. The van der Waals surface area contributed by atoms with E-state index in [4.69, 9.17) is 5.26 Å². The van der Waals surface area contributed by atoms with Gasteiger partial charge in [0.2, 0.25) is 0 Å². The Morgan fingerprint density at radius 2 is 1.78 bits per heavy atom. The zero-order valence-corrected chi connectivity index (χ0v) is 12.4. The Bertz CT molecular complexity index is 919. The van der Waals surface area contributed by atoms with Gasteiger partial charge in [-0.3, -0.25) is 9.59 Å². The van der Waals surface area contributed by atoms with Gasteiger partial charge in [-0.15, -0.1) is 0 Å². The molecule has 1 aliphatic carbocycles. The number of hydrogen-bond donors (Lipinski definition) is 0. The number of halogens is 1. The number of Topliss-reactive ketones (excluding diaryl/α,β-unsaturated/α-hetero) is 2. The second-order valence-corrected chi connectivity index (χ2v) is 5.40. The second kappa shape index (κ2) is 5.62. The van der Waals surface area contributed by atoms with E-state index in [2.05, 4.69) is 6.07 Å². The van der Waals surface area contributed by atoms with E-state index in [9.17, 15) is 14.0 Å². The lowest BCUT2D eigenvalue weighted by molar-refractivity contribution is 0.0972. The molecular weight excluding hydrogens is 293 g/mol. The van der Waals surface area contributed by atoms with Crippen molar-refractivity contribution in [1.29, 1.82) is 5.26 Å². The lowest BCUT2D eigenvalue weighted by Gasteiger charge is -2.19. The first kappa shape index (κ1) is 14.9. The maximum Gasteiger partial charge on any atom is 0.190 e. The molecule has 3 rings (SSSR count). The molecule has 0 fully saturated rings. The summed E-state index contributed by atoms with van der Waals surface area (Å²) in [4.78, 5) is 25.1. The first-order valence-electron chi connectivity index (χ1n) is 7.09. The molecule has 0 bridgehead atoms. The maximum absolute atomic E-state index is 13.4. The van der Waals surface area contributed by atoms with Crippen LogP contribution in [0.2, 0.25) is 0 Å². The van der Waals surface area contributed by atoms with Crippen LogP contribution in [0.25, 0.3) is 0 Å². The minimum atomic E-state index is -0.554. The van der Waals surface area contributed by atoms with Crippen LogP contribution in [-0.4, -0.2) is 11.6 Å². The van der Waals surface area contributed by atoms with E-state index in [1.165, 1.54) is 12.1 Å². The molecule has 23 heavy (non-hydrogen) atoms. The molecule has 0 amide bonds. The van der Waals surface area contributed by atoms with Gasteiger partial charge in [-0.25, -0.2) is 4.39 Å². The number of carbonyl (C=O) groups excluding carboxylic acids is 2. The summed E-state index contributed by atoms with van der Waals surface area (Å²) in [5.74, 6) is -1.19. The molecule has 2 aromatic rings. The quantitative estimate of drug-likeness (QED) is 0.851. The van der Waals surface area contributed by atoms with E-state index in [1.807, 2.05) is 0 Å². The Balaban J connectivity index is 2.09. The van der Waals surface area contributed by atoms with Crippen LogP contribution in [0.5, 0.6) is 0 Å². The molecule has 4 heteroatoms. The van der Waals surface area contributed by atoms with E-state index in [1.54, 1.807) is 31.2 Å². The number of benzene rings is 2.